The van der Waals surface area contributed by atoms with Crippen LogP contribution in [0.2, 0.25) is 0 Å². The number of nitrogens with one attached hydrogen (secondary N) is 2. The first-order chi connectivity index (χ1) is 9.11. The Morgan fingerprint density at radius 3 is 2.95 bits per heavy atom. The van der Waals surface area contributed by atoms with Crippen LogP contribution in [0.15, 0.2) is 18.3 Å². The van der Waals surface area contributed by atoms with Crippen LogP contribution in [0, 0.1) is 28.4 Å². The Labute approximate surface area is 108 Å². The molecule has 0 fully saturated rings. The summed E-state index contributed by atoms with van der Waals surface area (Å²) in [6, 6.07) is 4.44. The molecule has 0 radical (unpaired) electrons. The van der Waals surface area contributed by atoms with Gasteiger partial charge in [-0.05, 0) is 13.0 Å². The quantitative estimate of drug-likeness (QED) is 0.633. The highest BCUT2D eigenvalue weighted by atomic mass is 16.6. The Bertz CT molecular complexity index is 657. The van der Waals surface area contributed by atoms with Crippen molar-refractivity contribution in [2.75, 3.05) is 5.32 Å². The van der Waals surface area contributed by atoms with E-state index < -0.39 is 4.92 Å². The monoisotopic (exact) mass is 258 g/mol. The van der Waals surface area contributed by atoms with E-state index in [-0.39, 0.29) is 11.4 Å². The molecule has 2 aromatic rings. The van der Waals surface area contributed by atoms with Crippen LogP contribution in [-0.4, -0.2) is 20.1 Å². The number of hydrogen-bond acceptors (Lipinski definition) is 6. The molecule has 2 N–H and O–H groups in total. The van der Waals surface area contributed by atoms with Crippen molar-refractivity contribution in [2.45, 2.75) is 13.5 Å². The topological polar surface area (TPSA) is 121 Å². The van der Waals surface area contributed by atoms with Crippen molar-refractivity contribution in [2.24, 2.45) is 0 Å². The Hall–Kier alpha value is -2.95. The molecule has 0 saturated carbocycles. The van der Waals surface area contributed by atoms with Crippen molar-refractivity contribution < 1.29 is 4.92 Å². The van der Waals surface area contributed by atoms with Gasteiger partial charge in [0, 0.05) is 23.9 Å². The predicted octanol–water partition coefficient (Wildman–Crippen LogP) is 1.51. The highest BCUT2D eigenvalue weighted by molar-refractivity contribution is 5.50. The SMILES string of the molecule is Cc1[nH]ncc1CNc1ccc([N+](=O)[O-])c(C#N)n1. The summed E-state index contributed by atoms with van der Waals surface area (Å²) in [4.78, 5) is 13.9. The third kappa shape index (κ3) is 2.66. The van der Waals surface area contributed by atoms with Crippen molar-refractivity contribution >= 4 is 11.5 Å². The zero-order valence-electron chi connectivity index (χ0n) is 10.0. The lowest BCUT2D eigenvalue weighted by molar-refractivity contribution is -0.385. The Morgan fingerprint density at radius 1 is 1.58 bits per heavy atom. The van der Waals surface area contributed by atoms with E-state index in [1.165, 1.54) is 12.1 Å². The molecule has 0 aromatic carbocycles. The molecule has 0 atom stereocenters. The van der Waals surface area contributed by atoms with Crippen LogP contribution in [0.1, 0.15) is 17.0 Å². The normalized spacial score (nSPS) is 9.89. The summed E-state index contributed by atoms with van der Waals surface area (Å²) in [5.41, 5.74) is 1.38. The standard InChI is InChI=1S/C11H10N6O2/c1-7-8(6-14-16-7)5-13-11-3-2-10(17(18)19)9(4-12)15-11/h2-3,6H,5H2,1H3,(H,13,15)(H,14,16). The molecule has 2 heterocycles. The van der Waals surface area contributed by atoms with Crippen LogP contribution in [0.5, 0.6) is 0 Å². The molecule has 2 aromatic heterocycles. The zero-order valence-corrected chi connectivity index (χ0v) is 10.0. The minimum absolute atomic E-state index is 0.209. The van der Waals surface area contributed by atoms with Gasteiger partial charge in [0.05, 0.1) is 11.1 Å². The smallest absolute Gasteiger partial charge is 0.305 e. The van der Waals surface area contributed by atoms with E-state index in [1.807, 2.05) is 6.92 Å². The predicted molar refractivity (Wildman–Crippen MR) is 66.3 cm³/mol. The van der Waals surface area contributed by atoms with E-state index in [0.29, 0.717) is 12.4 Å². The van der Waals surface area contributed by atoms with Crippen LogP contribution in [-0.2, 0) is 6.54 Å². The summed E-state index contributed by atoms with van der Waals surface area (Å²) in [7, 11) is 0. The molecule has 2 rings (SSSR count). The van der Waals surface area contributed by atoms with Crippen LogP contribution >= 0.6 is 0 Å². The number of nitrogens with zero attached hydrogens (tertiary/aromatic N) is 4. The molecule has 0 unspecified atom stereocenters. The summed E-state index contributed by atoms with van der Waals surface area (Å²) in [5, 5.41) is 29.2. The molecule has 0 bridgehead atoms. The van der Waals surface area contributed by atoms with Gasteiger partial charge >= 0.3 is 5.69 Å². The van der Waals surface area contributed by atoms with Crippen LogP contribution in [0.25, 0.3) is 0 Å². The molecule has 0 saturated heterocycles. The van der Waals surface area contributed by atoms with Gasteiger partial charge in [-0.3, -0.25) is 15.2 Å². The Morgan fingerprint density at radius 2 is 2.37 bits per heavy atom. The first kappa shape index (κ1) is 12.5. The third-order valence-electron chi connectivity index (χ3n) is 2.57. The van der Waals surface area contributed by atoms with Gasteiger partial charge in [0.15, 0.2) is 0 Å². The molecule has 0 aliphatic rings. The number of nitro groups is 1. The fourth-order valence-corrected chi connectivity index (χ4v) is 1.52. The van der Waals surface area contributed by atoms with Gasteiger partial charge in [-0.2, -0.15) is 10.4 Å². The van der Waals surface area contributed by atoms with Crippen molar-refractivity contribution in [3.8, 4) is 6.07 Å². The van der Waals surface area contributed by atoms with E-state index in [4.69, 9.17) is 5.26 Å². The molecular formula is C11H10N6O2. The first-order valence-electron chi connectivity index (χ1n) is 5.40. The molecule has 8 heteroatoms. The maximum absolute atomic E-state index is 10.7. The summed E-state index contributed by atoms with van der Waals surface area (Å²) in [6.07, 6.45) is 1.68. The number of nitriles is 1. The highest BCUT2D eigenvalue weighted by Crippen LogP contribution is 2.18. The minimum Gasteiger partial charge on any atom is -0.366 e. The Kier molecular flexibility index (Phi) is 3.38. The number of pyridine rings is 1. The lowest BCUT2D eigenvalue weighted by Gasteiger charge is -2.04. The van der Waals surface area contributed by atoms with Gasteiger partial charge in [0.25, 0.3) is 0 Å². The van der Waals surface area contributed by atoms with Crippen LogP contribution < -0.4 is 5.32 Å². The second-order valence-electron chi connectivity index (χ2n) is 3.81. The van der Waals surface area contributed by atoms with Crippen molar-refractivity contribution in [3.63, 3.8) is 0 Å². The lowest BCUT2D eigenvalue weighted by atomic mass is 10.2. The average Bonchev–Trinajstić information content (AvgIpc) is 2.81. The molecular weight excluding hydrogens is 248 g/mol. The van der Waals surface area contributed by atoms with Gasteiger partial charge < -0.3 is 5.32 Å². The number of rotatable bonds is 4. The van der Waals surface area contributed by atoms with E-state index >= 15 is 0 Å². The van der Waals surface area contributed by atoms with E-state index in [2.05, 4.69) is 20.5 Å². The number of aromatic nitrogens is 3. The molecule has 0 amide bonds. The average molecular weight is 258 g/mol. The maximum atomic E-state index is 10.7. The van der Waals surface area contributed by atoms with Gasteiger partial charge in [0.1, 0.15) is 11.9 Å². The zero-order chi connectivity index (χ0) is 13.8. The largest absolute Gasteiger partial charge is 0.366 e. The van der Waals surface area contributed by atoms with Crippen LogP contribution in [0.3, 0.4) is 0 Å². The van der Waals surface area contributed by atoms with E-state index in [1.54, 1.807) is 12.3 Å². The minimum atomic E-state index is -0.629. The van der Waals surface area contributed by atoms with Crippen molar-refractivity contribution in [3.05, 3.63) is 45.4 Å². The summed E-state index contributed by atoms with van der Waals surface area (Å²) < 4.78 is 0. The van der Waals surface area contributed by atoms with Gasteiger partial charge in [-0.1, -0.05) is 0 Å². The molecule has 8 nitrogen and oxygen atoms in total. The van der Waals surface area contributed by atoms with Crippen LogP contribution in [0.4, 0.5) is 11.5 Å². The summed E-state index contributed by atoms with van der Waals surface area (Å²) in [5.74, 6) is 0.405. The fraction of sp³-hybridized carbons (Fsp3) is 0.182. The second kappa shape index (κ2) is 5.14. The number of aromatic amines is 1. The fourth-order valence-electron chi connectivity index (χ4n) is 1.52. The number of anilines is 1. The Balaban J connectivity index is 2.16. The highest BCUT2D eigenvalue weighted by Gasteiger charge is 2.15. The van der Waals surface area contributed by atoms with E-state index in [9.17, 15) is 10.1 Å². The van der Waals surface area contributed by atoms with Gasteiger partial charge in [0.2, 0.25) is 5.69 Å². The molecule has 0 aliphatic carbocycles. The molecule has 96 valence electrons. The number of aryl methyl sites for hydroxylation is 1. The maximum Gasteiger partial charge on any atom is 0.305 e. The number of hydrogen-bond donors (Lipinski definition) is 2. The number of H-pyrrole nitrogens is 1. The van der Waals surface area contributed by atoms with Gasteiger partial charge in [-0.25, -0.2) is 4.98 Å². The molecule has 0 spiro atoms. The third-order valence-corrected chi connectivity index (χ3v) is 2.57. The second-order valence-corrected chi connectivity index (χ2v) is 3.81. The van der Waals surface area contributed by atoms with Crippen molar-refractivity contribution in [1.82, 2.24) is 15.2 Å². The van der Waals surface area contributed by atoms with E-state index in [0.717, 1.165) is 11.3 Å². The van der Waals surface area contributed by atoms with Gasteiger partial charge in [-0.15, -0.1) is 0 Å². The molecule has 0 aliphatic heterocycles. The lowest BCUT2D eigenvalue weighted by Crippen LogP contribution is -2.04. The first-order valence-corrected chi connectivity index (χ1v) is 5.40. The van der Waals surface area contributed by atoms with Crippen molar-refractivity contribution in [1.29, 1.82) is 5.26 Å². The molecule has 19 heavy (non-hydrogen) atoms. The summed E-state index contributed by atoms with van der Waals surface area (Å²) >= 11 is 0. The summed E-state index contributed by atoms with van der Waals surface area (Å²) in [6.45, 7) is 2.35.